The summed E-state index contributed by atoms with van der Waals surface area (Å²) in [5.74, 6) is -1.84. The number of hydrogen-bond donors (Lipinski definition) is 2. The van der Waals surface area contributed by atoms with E-state index in [1.165, 1.54) is 13.0 Å². The Morgan fingerprint density at radius 2 is 1.84 bits per heavy atom. The minimum atomic E-state index is -1.50. The normalized spacial score (nSPS) is 24.7. The highest BCUT2D eigenvalue weighted by molar-refractivity contribution is 6.09. The number of carbonyl (C=O) groups excluding carboxylic acids is 1. The van der Waals surface area contributed by atoms with E-state index in [0.717, 1.165) is 12.1 Å². The van der Waals surface area contributed by atoms with Crippen LogP contribution in [0, 0.1) is 11.6 Å². The zero-order valence-electron chi connectivity index (χ0n) is 10.9. The lowest BCUT2D eigenvalue weighted by Crippen LogP contribution is -2.42. The molecule has 1 saturated heterocycles. The summed E-state index contributed by atoms with van der Waals surface area (Å²) >= 11 is 0. The maximum Gasteiger partial charge on any atom is 0.257 e. The minimum absolute atomic E-state index is 0.0457. The van der Waals surface area contributed by atoms with Crippen LogP contribution in [0.5, 0.6) is 0 Å². The van der Waals surface area contributed by atoms with Gasteiger partial charge in [0.05, 0.1) is 5.56 Å². The molecule has 1 unspecified atom stereocenters. The van der Waals surface area contributed by atoms with E-state index in [4.69, 9.17) is 0 Å². The van der Waals surface area contributed by atoms with Crippen LogP contribution in [0.3, 0.4) is 0 Å². The van der Waals surface area contributed by atoms with Crippen LogP contribution in [0.4, 0.5) is 8.78 Å². The molecule has 1 aliphatic rings. The monoisotopic (exact) mass is 267 g/mol. The molecule has 0 bridgehead atoms. The van der Waals surface area contributed by atoms with Crippen LogP contribution >= 0.6 is 0 Å². The highest BCUT2D eigenvalue weighted by atomic mass is 19.1. The van der Waals surface area contributed by atoms with Gasteiger partial charge in [0.1, 0.15) is 17.2 Å². The lowest BCUT2D eigenvalue weighted by atomic mass is 9.91. The Labute approximate surface area is 109 Å². The molecule has 1 amide bonds. The Morgan fingerprint density at radius 3 is 2.37 bits per heavy atom. The molecule has 1 heterocycles. The number of guanidine groups is 1. The topological polar surface area (TPSA) is 53.5 Å². The summed E-state index contributed by atoms with van der Waals surface area (Å²) in [6.45, 7) is 5.09. The number of carbonyl (C=O) groups is 1. The third-order valence-electron chi connectivity index (χ3n) is 2.90. The second-order valence-electron chi connectivity index (χ2n) is 4.87. The van der Waals surface area contributed by atoms with Gasteiger partial charge in [0.25, 0.3) is 5.91 Å². The fraction of sp³-hybridized carbons (Fsp3) is 0.385. The van der Waals surface area contributed by atoms with Gasteiger partial charge >= 0.3 is 0 Å². The van der Waals surface area contributed by atoms with E-state index in [1.807, 2.05) is 13.8 Å². The second-order valence-corrected chi connectivity index (χ2v) is 4.87. The molecule has 0 aromatic heterocycles. The Hall–Kier alpha value is -1.98. The van der Waals surface area contributed by atoms with Gasteiger partial charge in [0.2, 0.25) is 0 Å². The number of rotatable bonds is 2. The second kappa shape index (κ2) is 4.60. The van der Waals surface area contributed by atoms with E-state index in [1.54, 1.807) is 0 Å². The molecule has 6 heteroatoms. The third-order valence-corrected chi connectivity index (χ3v) is 2.90. The molecule has 19 heavy (non-hydrogen) atoms. The van der Waals surface area contributed by atoms with E-state index in [2.05, 4.69) is 15.6 Å². The van der Waals surface area contributed by atoms with Gasteiger partial charge in [0, 0.05) is 6.04 Å². The SMILES string of the molecule is CC(C)N=C1NC(=O)C(C)(c2c(F)cccc2F)N1. The molecule has 1 aromatic rings. The van der Waals surface area contributed by atoms with E-state index in [-0.39, 0.29) is 17.6 Å². The summed E-state index contributed by atoms with van der Waals surface area (Å²) in [7, 11) is 0. The van der Waals surface area contributed by atoms with Crippen LogP contribution in [0.1, 0.15) is 26.3 Å². The lowest BCUT2D eigenvalue weighted by molar-refractivity contribution is -0.123. The summed E-state index contributed by atoms with van der Waals surface area (Å²) in [4.78, 5) is 16.1. The van der Waals surface area contributed by atoms with E-state index in [0.29, 0.717) is 0 Å². The van der Waals surface area contributed by atoms with Crippen molar-refractivity contribution in [2.45, 2.75) is 32.4 Å². The average Bonchev–Trinajstić information content (AvgIpc) is 2.53. The van der Waals surface area contributed by atoms with Crippen molar-refractivity contribution in [3.8, 4) is 0 Å². The van der Waals surface area contributed by atoms with Gasteiger partial charge in [-0.05, 0) is 32.9 Å². The van der Waals surface area contributed by atoms with Gasteiger partial charge in [0.15, 0.2) is 5.96 Å². The summed E-state index contributed by atoms with van der Waals surface area (Å²) in [5.41, 5.74) is -1.80. The first kappa shape index (κ1) is 13.5. The molecular weight excluding hydrogens is 252 g/mol. The number of nitrogens with zero attached hydrogens (tertiary/aromatic N) is 1. The standard InChI is InChI=1S/C13H15F2N3O/c1-7(2)16-12-17-11(19)13(3,18-12)10-8(14)5-4-6-9(10)15/h4-7H,1-3H3,(H2,16,17,18,19). The molecule has 4 nitrogen and oxygen atoms in total. The molecule has 2 N–H and O–H groups in total. The Bertz CT molecular complexity index is 537. The smallest absolute Gasteiger partial charge is 0.257 e. The molecule has 1 aromatic carbocycles. The fourth-order valence-corrected chi connectivity index (χ4v) is 2.03. The van der Waals surface area contributed by atoms with Crippen molar-refractivity contribution < 1.29 is 13.6 Å². The Morgan fingerprint density at radius 1 is 1.26 bits per heavy atom. The van der Waals surface area contributed by atoms with Gasteiger partial charge in [-0.2, -0.15) is 0 Å². The van der Waals surface area contributed by atoms with Crippen molar-refractivity contribution >= 4 is 11.9 Å². The van der Waals surface area contributed by atoms with Crippen LogP contribution in [-0.2, 0) is 10.3 Å². The highest BCUT2D eigenvalue weighted by Crippen LogP contribution is 2.29. The molecule has 1 atom stereocenters. The van der Waals surface area contributed by atoms with Crippen LogP contribution < -0.4 is 10.6 Å². The molecule has 0 spiro atoms. The molecule has 1 aliphatic heterocycles. The van der Waals surface area contributed by atoms with Crippen molar-refractivity contribution in [2.24, 2.45) is 4.99 Å². The third kappa shape index (κ3) is 2.30. The minimum Gasteiger partial charge on any atom is -0.338 e. The summed E-state index contributed by atoms with van der Waals surface area (Å²) in [6, 6.07) is 3.45. The molecular formula is C13H15F2N3O. The Balaban J connectivity index is 2.47. The fourth-order valence-electron chi connectivity index (χ4n) is 2.03. The number of aliphatic imine (C=N–C) groups is 1. The first-order chi connectivity index (χ1) is 8.84. The van der Waals surface area contributed by atoms with Crippen LogP contribution in [0.25, 0.3) is 0 Å². The molecule has 0 aliphatic carbocycles. The number of benzene rings is 1. The first-order valence-electron chi connectivity index (χ1n) is 5.96. The van der Waals surface area contributed by atoms with Gasteiger partial charge in [-0.25, -0.2) is 8.78 Å². The first-order valence-corrected chi connectivity index (χ1v) is 5.96. The average molecular weight is 267 g/mol. The van der Waals surface area contributed by atoms with Gasteiger partial charge < -0.3 is 5.32 Å². The number of nitrogens with one attached hydrogen (secondary N) is 2. The highest BCUT2D eigenvalue weighted by Gasteiger charge is 2.45. The molecule has 0 radical (unpaired) electrons. The molecule has 2 rings (SSSR count). The zero-order valence-corrected chi connectivity index (χ0v) is 10.9. The summed E-state index contributed by atoms with van der Waals surface area (Å²) in [6.07, 6.45) is 0. The lowest BCUT2D eigenvalue weighted by Gasteiger charge is -2.22. The van der Waals surface area contributed by atoms with Gasteiger partial charge in [-0.1, -0.05) is 6.07 Å². The van der Waals surface area contributed by atoms with Crippen LogP contribution in [-0.4, -0.2) is 17.9 Å². The number of halogens is 2. The largest absolute Gasteiger partial charge is 0.338 e. The van der Waals surface area contributed by atoms with Crippen molar-refractivity contribution in [2.75, 3.05) is 0 Å². The number of hydrogen-bond acceptors (Lipinski definition) is 2. The van der Waals surface area contributed by atoms with E-state index in [9.17, 15) is 13.6 Å². The van der Waals surface area contributed by atoms with E-state index < -0.39 is 23.1 Å². The molecule has 102 valence electrons. The summed E-state index contributed by atoms with van der Waals surface area (Å²) < 4.78 is 27.6. The molecule has 0 saturated carbocycles. The van der Waals surface area contributed by atoms with E-state index >= 15 is 0 Å². The van der Waals surface area contributed by atoms with Gasteiger partial charge in [-0.15, -0.1) is 0 Å². The maximum absolute atomic E-state index is 13.8. The van der Waals surface area contributed by atoms with Crippen molar-refractivity contribution in [3.05, 3.63) is 35.4 Å². The maximum atomic E-state index is 13.8. The van der Waals surface area contributed by atoms with Gasteiger partial charge in [-0.3, -0.25) is 15.1 Å². The predicted molar refractivity (Wildman–Crippen MR) is 67.6 cm³/mol. The van der Waals surface area contributed by atoms with Crippen LogP contribution in [0.15, 0.2) is 23.2 Å². The Kier molecular flexibility index (Phi) is 3.26. The van der Waals surface area contributed by atoms with Crippen molar-refractivity contribution in [3.63, 3.8) is 0 Å². The van der Waals surface area contributed by atoms with Crippen LogP contribution in [0.2, 0.25) is 0 Å². The number of amides is 1. The quantitative estimate of drug-likeness (QED) is 0.856. The predicted octanol–water partition coefficient (Wildman–Crippen LogP) is 1.66. The van der Waals surface area contributed by atoms with Crippen molar-refractivity contribution in [1.29, 1.82) is 0 Å². The molecule has 1 fully saturated rings. The van der Waals surface area contributed by atoms with Crippen molar-refractivity contribution in [1.82, 2.24) is 10.6 Å². The zero-order chi connectivity index (χ0) is 14.2. The summed E-state index contributed by atoms with van der Waals surface area (Å²) in [5, 5.41) is 5.25.